The molecule has 0 radical (unpaired) electrons. The smallest absolute Gasteiger partial charge is 0.131 e. The first kappa shape index (κ1) is 16.4. The van der Waals surface area contributed by atoms with Gasteiger partial charge in [0.25, 0.3) is 0 Å². The van der Waals surface area contributed by atoms with E-state index in [2.05, 4.69) is 34.4 Å². The summed E-state index contributed by atoms with van der Waals surface area (Å²) in [6, 6.07) is 8.21. The second-order valence-corrected chi connectivity index (χ2v) is 6.52. The molecule has 1 saturated heterocycles. The van der Waals surface area contributed by atoms with Crippen molar-refractivity contribution in [2.45, 2.75) is 19.3 Å². The van der Waals surface area contributed by atoms with Gasteiger partial charge < -0.3 is 19.7 Å². The Morgan fingerprint density at radius 3 is 3.00 bits per heavy atom. The molecular weight excluding hydrogens is 310 g/mol. The summed E-state index contributed by atoms with van der Waals surface area (Å²) in [4.78, 5) is 6.52. The summed E-state index contributed by atoms with van der Waals surface area (Å²) in [5, 5.41) is 5.47. The van der Waals surface area contributed by atoms with Crippen molar-refractivity contribution >= 4 is 11.3 Å². The van der Waals surface area contributed by atoms with Crippen LogP contribution in [0.15, 0.2) is 35.2 Å². The number of thiazole rings is 1. The number of hydrogen-bond acceptors (Lipinski definition) is 6. The molecule has 1 fully saturated rings. The lowest BCUT2D eigenvalue weighted by molar-refractivity contribution is -0.0182. The maximum atomic E-state index is 5.74. The van der Waals surface area contributed by atoms with Crippen molar-refractivity contribution in [1.82, 2.24) is 15.2 Å². The molecule has 0 amide bonds. The minimum absolute atomic E-state index is 0.287. The van der Waals surface area contributed by atoms with Gasteiger partial charge in [-0.25, -0.2) is 4.98 Å². The lowest BCUT2D eigenvalue weighted by atomic mass is 10.2. The summed E-state index contributed by atoms with van der Waals surface area (Å²) in [5.41, 5.74) is 4.04. The van der Waals surface area contributed by atoms with Crippen LogP contribution < -0.4 is 10.1 Å². The quantitative estimate of drug-likeness (QED) is 0.841. The molecule has 0 saturated carbocycles. The van der Waals surface area contributed by atoms with Crippen molar-refractivity contribution in [3.05, 3.63) is 46.4 Å². The molecule has 0 bridgehead atoms. The molecule has 0 aliphatic carbocycles. The van der Waals surface area contributed by atoms with Gasteiger partial charge >= 0.3 is 0 Å². The first-order valence-electron chi connectivity index (χ1n) is 7.89. The topological polar surface area (TPSA) is 46.6 Å². The Morgan fingerprint density at radius 1 is 1.39 bits per heavy atom. The normalized spacial score (nSPS) is 18.9. The van der Waals surface area contributed by atoms with E-state index >= 15 is 0 Å². The van der Waals surface area contributed by atoms with E-state index in [1.807, 2.05) is 23.0 Å². The summed E-state index contributed by atoms with van der Waals surface area (Å²) in [7, 11) is 2.14. The maximum Gasteiger partial charge on any atom is 0.131 e. The summed E-state index contributed by atoms with van der Waals surface area (Å²) >= 11 is 1.59. The van der Waals surface area contributed by atoms with Gasteiger partial charge in [-0.05, 0) is 24.7 Å². The molecule has 0 unspecified atom stereocenters. The van der Waals surface area contributed by atoms with Crippen LogP contribution >= 0.6 is 11.3 Å². The fourth-order valence-electron chi connectivity index (χ4n) is 2.54. The second kappa shape index (κ2) is 8.40. The van der Waals surface area contributed by atoms with Gasteiger partial charge in [-0.2, -0.15) is 0 Å². The molecule has 3 rings (SSSR count). The fraction of sp³-hybridized carbons (Fsp3) is 0.471. The van der Waals surface area contributed by atoms with E-state index in [0.29, 0.717) is 6.61 Å². The van der Waals surface area contributed by atoms with Crippen molar-refractivity contribution in [3.8, 4) is 5.75 Å². The van der Waals surface area contributed by atoms with Gasteiger partial charge in [0, 0.05) is 31.6 Å². The lowest BCUT2D eigenvalue weighted by Gasteiger charge is -2.30. The molecule has 5 nitrogen and oxygen atoms in total. The van der Waals surface area contributed by atoms with Gasteiger partial charge in [0.15, 0.2) is 0 Å². The highest BCUT2D eigenvalue weighted by Crippen LogP contribution is 2.14. The van der Waals surface area contributed by atoms with Crippen LogP contribution in [0.3, 0.4) is 0 Å². The zero-order chi connectivity index (χ0) is 15.9. The Hall–Kier alpha value is -1.47. The van der Waals surface area contributed by atoms with Crippen LogP contribution in [0.1, 0.15) is 11.3 Å². The van der Waals surface area contributed by atoms with Gasteiger partial charge in [0.1, 0.15) is 12.4 Å². The van der Waals surface area contributed by atoms with Gasteiger partial charge in [-0.1, -0.05) is 12.1 Å². The highest BCUT2D eigenvalue weighted by atomic mass is 32.1. The monoisotopic (exact) mass is 333 g/mol. The Balaban J connectivity index is 1.39. The number of ether oxygens (including phenoxy) is 2. The van der Waals surface area contributed by atoms with Crippen LogP contribution in [0.4, 0.5) is 0 Å². The third kappa shape index (κ3) is 5.28. The Morgan fingerprint density at radius 2 is 2.26 bits per heavy atom. The standard InChI is InChI=1S/C17H23N3O2S/c1-20-6-7-21-17(10-20)9-18-8-14-2-4-16(5-3-14)22-11-15-12-23-13-19-15/h2-5,12-13,17-18H,6-11H2,1H3/t17-/m1/s1. The number of likely N-dealkylation sites (N-methyl/N-ethyl adjacent to an activating group) is 1. The van der Waals surface area contributed by atoms with E-state index < -0.39 is 0 Å². The van der Waals surface area contributed by atoms with Gasteiger partial charge in [0.05, 0.1) is 23.9 Å². The average Bonchev–Trinajstić information content (AvgIpc) is 3.08. The van der Waals surface area contributed by atoms with Gasteiger partial charge in [-0.15, -0.1) is 11.3 Å². The molecule has 1 aliphatic heterocycles. The summed E-state index contributed by atoms with van der Waals surface area (Å²) in [6.45, 7) is 5.10. The number of benzene rings is 1. The summed E-state index contributed by atoms with van der Waals surface area (Å²) < 4.78 is 11.5. The van der Waals surface area contributed by atoms with Crippen LogP contribution in [0.2, 0.25) is 0 Å². The molecule has 1 aliphatic rings. The van der Waals surface area contributed by atoms with E-state index in [1.54, 1.807) is 11.3 Å². The predicted molar refractivity (Wildman–Crippen MR) is 91.8 cm³/mol. The number of nitrogens with one attached hydrogen (secondary N) is 1. The third-order valence-corrected chi connectivity index (χ3v) is 4.47. The number of rotatable bonds is 7. The summed E-state index contributed by atoms with van der Waals surface area (Å²) in [6.07, 6.45) is 0.287. The van der Waals surface area contributed by atoms with Crippen LogP contribution in [-0.4, -0.2) is 49.3 Å². The highest BCUT2D eigenvalue weighted by molar-refractivity contribution is 7.07. The first-order chi connectivity index (χ1) is 11.3. The van der Waals surface area contributed by atoms with E-state index in [4.69, 9.17) is 9.47 Å². The number of nitrogens with zero attached hydrogens (tertiary/aromatic N) is 2. The lowest BCUT2D eigenvalue weighted by Crippen LogP contribution is -2.44. The van der Waals surface area contributed by atoms with E-state index in [-0.39, 0.29) is 6.10 Å². The van der Waals surface area contributed by atoms with Crippen molar-refractivity contribution in [1.29, 1.82) is 0 Å². The van der Waals surface area contributed by atoms with Crippen LogP contribution in [-0.2, 0) is 17.9 Å². The summed E-state index contributed by atoms with van der Waals surface area (Å²) in [5.74, 6) is 0.874. The molecule has 124 valence electrons. The SMILES string of the molecule is CN1CCO[C@H](CNCc2ccc(OCc3cscn3)cc2)C1. The van der Waals surface area contributed by atoms with Crippen LogP contribution in [0, 0.1) is 0 Å². The van der Waals surface area contributed by atoms with E-state index in [1.165, 1.54) is 5.56 Å². The number of aromatic nitrogens is 1. The van der Waals surface area contributed by atoms with Gasteiger partial charge in [0.2, 0.25) is 0 Å². The molecule has 6 heteroatoms. The van der Waals surface area contributed by atoms with E-state index in [0.717, 1.165) is 44.2 Å². The molecule has 1 aromatic heterocycles. The molecule has 1 N–H and O–H groups in total. The van der Waals surface area contributed by atoms with Crippen molar-refractivity contribution in [2.24, 2.45) is 0 Å². The molecule has 2 aromatic rings. The van der Waals surface area contributed by atoms with Crippen molar-refractivity contribution < 1.29 is 9.47 Å². The molecule has 0 spiro atoms. The van der Waals surface area contributed by atoms with Crippen LogP contribution in [0.25, 0.3) is 0 Å². The largest absolute Gasteiger partial charge is 0.487 e. The number of morpholine rings is 1. The number of hydrogen-bond donors (Lipinski definition) is 1. The molecular formula is C17H23N3O2S. The molecule has 2 heterocycles. The van der Waals surface area contributed by atoms with E-state index in [9.17, 15) is 0 Å². The molecule has 1 atom stereocenters. The Labute approximate surface area is 141 Å². The Bertz CT molecular complexity index is 574. The third-order valence-electron chi connectivity index (χ3n) is 3.84. The van der Waals surface area contributed by atoms with Crippen LogP contribution in [0.5, 0.6) is 5.75 Å². The minimum atomic E-state index is 0.287. The average molecular weight is 333 g/mol. The first-order valence-corrected chi connectivity index (χ1v) is 8.83. The van der Waals surface area contributed by atoms with Gasteiger partial charge in [-0.3, -0.25) is 0 Å². The second-order valence-electron chi connectivity index (χ2n) is 5.80. The Kier molecular flexibility index (Phi) is 5.99. The molecule has 1 aromatic carbocycles. The molecule has 23 heavy (non-hydrogen) atoms. The van der Waals surface area contributed by atoms with Crippen molar-refractivity contribution in [3.63, 3.8) is 0 Å². The fourth-order valence-corrected chi connectivity index (χ4v) is 3.08. The zero-order valence-corrected chi connectivity index (χ0v) is 14.2. The highest BCUT2D eigenvalue weighted by Gasteiger charge is 2.16. The van der Waals surface area contributed by atoms with Crippen molar-refractivity contribution in [2.75, 3.05) is 33.3 Å². The maximum absolute atomic E-state index is 5.74. The zero-order valence-electron chi connectivity index (χ0n) is 13.4. The predicted octanol–water partition coefficient (Wildman–Crippen LogP) is 2.14. The minimum Gasteiger partial charge on any atom is -0.487 e.